The van der Waals surface area contributed by atoms with Crippen molar-refractivity contribution < 1.29 is 8.42 Å². The van der Waals surface area contributed by atoms with E-state index in [1.54, 1.807) is 6.92 Å². The van der Waals surface area contributed by atoms with Gasteiger partial charge in [-0.05, 0) is 30.6 Å². The molecule has 0 radical (unpaired) electrons. The molecule has 0 aromatic rings. The minimum absolute atomic E-state index is 0.174. The summed E-state index contributed by atoms with van der Waals surface area (Å²) in [7, 11) is -3.09. The molecule has 0 saturated heterocycles. The van der Waals surface area contributed by atoms with Crippen molar-refractivity contribution in [3.63, 3.8) is 0 Å². The molecule has 1 aliphatic carbocycles. The molecule has 0 aromatic carbocycles. The summed E-state index contributed by atoms with van der Waals surface area (Å²) in [5.74, 6) is 0.795. The predicted molar refractivity (Wildman–Crippen MR) is 76.1 cm³/mol. The van der Waals surface area contributed by atoms with Crippen molar-refractivity contribution in [1.82, 2.24) is 10.0 Å². The van der Waals surface area contributed by atoms with Gasteiger partial charge in [-0.15, -0.1) is 0 Å². The third-order valence-electron chi connectivity index (χ3n) is 3.84. The fourth-order valence-electron chi connectivity index (χ4n) is 2.92. The molecule has 0 heterocycles. The SMILES string of the molecule is CCNS(=O)(=O)CCNC1CCC(C)(C)CC1C. The summed E-state index contributed by atoms with van der Waals surface area (Å²) >= 11 is 0. The third kappa shape index (κ3) is 5.24. The Morgan fingerprint density at radius 3 is 2.56 bits per heavy atom. The lowest BCUT2D eigenvalue weighted by Gasteiger charge is -2.39. The van der Waals surface area contributed by atoms with E-state index in [-0.39, 0.29) is 5.75 Å². The Hall–Kier alpha value is -0.130. The third-order valence-corrected chi connectivity index (χ3v) is 5.31. The van der Waals surface area contributed by atoms with Crippen molar-refractivity contribution >= 4 is 10.0 Å². The van der Waals surface area contributed by atoms with E-state index >= 15 is 0 Å². The van der Waals surface area contributed by atoms with Gasteiger partial charge in [-0.2, -0.15) is 0 Å². The first-order valence-corrected chi connectivity index (χ1v) is 8.62. The summed E-state index contributed by atoms with van der Waals surface area (Å²) in [6, 6.07) is 0.467. The van der Waals surface area contributed by atoms with Gasteiger partial charge in [-0.25, -0.2) is 13.1 Å². The van der Waals surface area contributed by atoms with Gasteiger partial charge in [0.05, 0.1) is 5.75 Å². The second-order valence-corrected chi connectivity index (χ2v) is 8.19. The van der Waals surface area contributed by atoms with Gasteiger partial charge in [0, 0.05) is 19.1 Å². The zero-order valence-corrected chi connectivity index (χ0v) is 12.9. The van der Waals surface area contributed by atoms with Crippen LogP contribution >= 0.6 is 0 Å². The van der Waals surface area contributed by atoms with E-state index in [2.05, 4.69) is 30.8 Å². The van der Waals surface area contributed by atoms with Crippen molar-refractivity contribution in [2.24, 2.45) is 11.3 Å². The Bertz CT molecular complexity index is 352. The first-order chi connectivity index (χ1) is 8.26. The molecule has 1 fully saturated rings. The predicted octanol–water partition coefficient (Wildman–Crippen LogP) is 1.73. The minimum Gasteiger partial charge on any atom is -0.313 e. The highest BCUT2D eigenvalue weighted by atomic mass is 32.2. The summed E-state index contributed by atoms with van der Waals surface area (Å²) in [6.45, 7) is 9.71. The Kier molecular flexibility index (Phi) is 5.62. The van der Waals surface area contributed by atoms with E-state index in [0.717, 1.165) is 6.42 Å². The Balaban J connectivity index is 2.33. The monoisotopic (exact) mass is 276 g/mol. The fraction of sp³-hybridized carbons (Fsp3) is 1.00. The molecular formula is C13H28N2O2S. The maximum atomic E-state index is 11.5. The number of sulfonamides is 1. The average Bonchev–Trinajstić information content (AvgIpc) is 2.20. The van der Waals surface area contributed by atoms with E-state index in [9.17, 15) is 8.42 Å². The fourth-order valence-corrected chi connectivity index (χ4v) is 3.89. The van der Waals surface area contributed by atoms with Crippen LogP contribution in [0.25, 0.3) is 0 Å². The lowest BCUT2D eigenvalue weighted by atomic mass is 9.70. The van der Waals surface area contributed by atoms with Gasteiger partial charge in [0.25, 0.3) is 0 Å². The number of hydrogen-bond acceptors (Lipinski definition) is 3. The van der Waals surface area contributed by atoms with Crippen LogP contribution in [0, 0.1) is 11.3 Å². The first kappa shape index (κ1) is 15.9. The van der Waals surface area contributed by atoms with E-state index < -0.39 is 10.0 Å². The van der Waals surface area contributed by atoms with Gasteiger partial charge < -0.3 is 5.32 Å². The molecule has 0 aromatic heterocycles. The maximum Gasteiger partial charge on any atom is 0.212 e. The summed E-state index contributed by atoms with van der Waals surface area (Å²) in [5, 5.41) is 3.40. The molecule has 4 nitrogen and oxygen atoms in total. The zero-order valence-electron chi connectivity index (χ0n) is 12.1. The number of nitrogens with one attached hydrogen (secondary N) is 2. The van der Waals surface area contributed by atoms with E-state index in [1.807, 2.05) is 0 Å². The molecule has 0 amide bonds. The highest BCUT2D eigenvalue weighted by molar-refractivity contribution is 7.89. The highest BCUT2D eigenvalue weighted by Crippen LogP contribution is 2.38. The van der Waals surface area contributed by atoms with Gasteiger partial charge in [0.15, 0.2) is 0 Å². The Morgan fingerprint density at radius 1 is 1.33 bits per heavy atom. The molecule has 5 heteroatoms. The van der Waals surface area contributed by atoms with E-state index in [4.69, 9.17) is 0 Å². The Morgan fingerprint density at radius 2 is 2.00 bits per heavy atom. The molecule has 2 unspecified atom stereocenters. The Labute approximate surface area is 112 Å². The van der Waals surface area contributed by atoms with E-state index in [0.29, 0.717) is 30.5 Å². The first-order valence-electron chi connectivity index (χ1n) is 6.96. The largest absolute Gasteiger partial charge is 0.313 e. The summed E-state index contributed by atoms with van der Waals surface area (Å²) in [6.07, 6.45) is 3.58. The average molecular weight is 276 g/mol. The topological polar surface area (TPSA) is 58.2 Å². The summed E-state index contributed by atoms with van der Waals surface area (Å²) < 4.78 is 25.5. The normalized spacial score (nSPS) is 28.2. The molecule has 1 aliphatic rings. The lowest BCUT2D eigenvalue weighted by molar-refractivity contribution is 0.150. The summed E-state index contributed by atoms with van der Waals surface area (Å²) in [5.41, 5.74) is 0.438. The van der Waals surface area contributed by atoms with Crippen LogP contribution in [0.2, 0.25) is 0 Å². The van der Waals surface area contributed by atoms with Crippen LogP contribution in [-0.4, -0.2) is 33.3 Å². The summed E-state index contributed by atoms with van der Waals surface area (Å²) in [4.78, 5) is 0. The van der Waals surface area contributed by atoms with Crippen molar-refractivity contribution in [3.05, 3.63) is 0 Å². The van der Waals surface area contributed by atoms with Crippen molar-refractivity contribution in [3.8, 4) is 0 Å². The molecule has 0 spiro atoms. The lowest BCUT2D eigenvalue weighted by Crippen LogP contribution is -2.44. The van der Waals surface area contributed by atoms with Gasteiger partial charge in [-0.3, -0.25) is 0 Å². The van der Waals surface area contributed by atoms with Gasteiger partial charge >= 0.3 is 0 Å². The second-order valence-electron chi connectivity index (χ2n) is 6.26. The quantitative estimate of drug-likeness (QED) is 0.777. The smallest absolute Gasteiger partial charge is 0.212 e. The molecule has 2 atom stereocenters. The molecular weight excluding hydrogens is 248 g/mol. The van der Waals surface area contributed by atoms with Crippen LogP contribution in [0.15, 0.2) is 0 Å². The van der Waals surface area contributed by atoms with Crippen LogP contribution in [0.3, 0.4) is 0 Å². The molecule has 18 heavy (non-hydrogen) atoms. The standard InChI is InChI=1S/C13H28N2O2S/c1-5-15-18(16,17)9-8-14-12-6-7-13(3,4)10-11(12)2/h11-12,14-15H,5-10H2,1-4H3. The van der Waals surface area contributed by atoms with Gasteiger partial charge in [-0.1, -0.05) is 27.7 Å². The van der Waals surface area contributed by atoms with Crippen LogP contribution < -0.4 is 10.0 Å². The number of hydrogen-bond donors (Lipinski definition) is 2. The minimum atomic E-state index is -3.09. The highest BCUT2D eigenvalue weighted by Gasteiger charge is 2.31. The maximum absolute atomic E-state index is 11.5. The number of rotatable bonds is 6. The molecule has 1 rings (SSSR count). The van der Waals surface area contributed by atoms with Crippen LogP contribution in [0.4, 0.5) is 0 Å². The second kappa shape index (κ2) is 6.35. The van der Waals surface area contributed by atoms with Crippen LogP contribution in [0.5, 0.6) is 0 Å². The van der Waals surface area contributed by atoms with Crippen molar-refractivity contribution in [2.75, 3.05) is 18.8 Å². The molecule has 2 N–H and O–H groups in total. The van der Waals surface area contributed by atoms with Crippen LogP contribution in [-0.2, 0) is 10.0 Å². The molecule has 0 bridgehead atoms. The molecule has 0 aliphatic heterocycles. The van der Waals surface area contributed by atoms with Crippen LogP contribution in [0.1, 0.15) is 47.0 Å². The van der Waals surface area contributed by atoms with Gasteiger partial charge in [0.2, 0.25) is 10.0 Å². The van der Waals surface area contributed by atoms with Crippen molar-refractivity contribution in [2.45, 2.75) is 53.0 Å². The van der Waals surface area contributed by atoms with E-state index in [1.165, 1.54) is 12.8 Å². The molecule has 108 valence electrons. The van der Waals surface area contributed by atoms with Gasteiger partial charge in [0.1, 0.15) is 0 Å². The van der Waals surface area contributed by atoms with Crippen molar-refractivity contribution in [1.29, 1.82) is 0 Å². The zero-order chi connectivity index (χ0) is 13.8. The molecule has 1 saturated carbocycles.